The van der Waals surface area contributed by atoms with Gasteiger partial charge in [0.2, 0.25) is 0 Å². The van der Waals surface area contributed by atoms with E-state index in [1.807, 2.05) is 21.1 Å². The number of allylic oxidation sites excluding steroid dienone is 16. The van der Waals surface area contributed by atoms with Gasteiger partial charge in [-0.1, -0.05) is 272 Å². The van der Waals surface area contributed by atoms with Crippen LogP contribution in [0.1, 0.15) is 284 Å². The van der Waals surface area contributed by atoms with Crippen molar-refractivity contribution in [2.45, 2.75) is 290 Å². The van der Waals surface area contributed by atoms with Crippen molar-refractivity contribution in [2.75, 3.05) is 47.5 Å². The molecule has 1 N–H and O–H groups in total. The summed E-state index contributed by atoms with van der Waals surface area (Å²) in [6.07, 6.45) is 83.5. The monoisotopic (exact) mass is 1140 g/mol. The number of carbonyl (C=O) groups is 2. The van der Waals surface area contributed by atoms with E-state index in [0.717, 1.165) is 83.5 Å². The van der Waals surface area contributed by atoms with Crippen molar-refractivity contribution in [1.29, 1.82) is 0 Å². The number of phosphoric ester groups is 1. The lowest BCUT2D eigenvalue weighted by atomic mass is 10.0. The van der Waals surface area contributed by atoms with E-state index < -0.39 is 26.5 Å². The van der Waals surface area contributed by atoms with Gasteiger partial charge >= 0.3 is 19.8 Å². The summed E-state index contributed by atoms with van der Waals surface area (Å²) in [7, 11) is 1.47. The molecular weight excluding hydrogens is 1010 g/mol. The van der Waals surface area contributed by atoms with Gasteiger partial charge in [-0.25, -0.2) is 4.57 Å². The Hall–Kier alpha value is -3.07. The van der Waals surface area contributed by atoms with Gasteiger partial charge in [0.05, 0.1) is 27.7 Å². The number of carbonyl (C=O) groups excluding carboxylic acids is 2. The summed E-state index contributed by atoms with van der Waals surface area (Å²) in [5, 5.41) is 0. The van der Waals surface area contributed by atoms with Crippen LogP contribution in [0, 0.1) is 0 Å². The maximum absolute atomic E-state index is 12.9. The molecule has 0 saturated carbocycles. The summed E-state index contributed by atoms with van der Waals surface area (Å²) in [6.45, 7) is 4.33. The van der Waals surface area contributed by atoms with Gasteiger partial charge in [-0.15, -0.1) is 0 Å². The van der Waals surface area contributed by atoms with E-state index >= 15 is 0 Å². The van der Waals surface area contributed by atoms with Gasteiger partial charge in [0.15, 0.2) is 6.10 Å². The van der Waals surface area contributed by atoms with Crippen molar-refractivity contribution in [2.24, 2.45) is 0 Å². The average molecular weight is 1140 g/mol. The Kier molecular flexibility index (Phi) is 58.2. The van der Waals surface area contributed by atoms with E-state index in [0.29, 0.717) is 17.4 Å². The van der Waals surface area contributed by atoms with Crippen molar-refractivity contribution in [3.8, 4) is 0 Å². The fourth-order valence-electron chi connectivity index (χ4n) is 9.05. The summed E-state index contributed by atoms with van der Waals surface area (Å²) in [5.41, 5.74) is 0. The Labute approximate surface area is 493 Å². The Bertz CT molecular complexity index is 1670. The molecule has 0 aliphatic heterocycles. The molecule has 0 spiro atoms. The van der Waals surface area contributed by atoms with Crippen LogP contribution in [0.25, 0.3) is 0 Å². The molecule has 10 heteroatoms. The first kappa shape index (κ1) is 76.9. The highest BCUT2D eigenvalue weighted by molar-refractivity contribution is 7.47. The number of unbranched alkanes of at least 4 members (excludes halogenated alkanes) is 30. The first-order valence-electron chi connectivity index (χ1n) is 33.0. The van der Waals surface area contributed by atoms with Crippen LogP contribution < -0.4 is 0 Å². The normalized spacial score (nSPS) is 13.8. The average Bonchev–Trinajstić information content (AvgIpc) is 3.42. The summed E-state index contributed by atoms with van der Waals surface area (Å²) in [4.78, 5) is 35.8. The molecule has 0 fully saturated rings. The molecule has 0 bridgehead atoms. The standard InChI is InChI=1S/C70H124NO8P/c1-6-8-10-12-14-16-18-20-22-24-26-28-30-31-32-33-34-35-36-37-38-39-41-43-45-47-49-51-53-55-57-59-61-63-70(73)79-68(67-78-80(74,75)77-65-64-71(3,4)5)66-76-69(72)62-60-58-56-54-52-50-48-46-44-42-40-29-27-25-23-21-19-17-15-13-11-9-7-2/h8,10,14,16,19-22,25-28,31-32,34-35,68H,6-7,9,11-13,15,17-18,23-24,29-30,33,36-67H2,1-5H3/p+1/b10-8-,16-14-,21-19-,22-20-,27-25-,28-26-,32-31-,35-34-. The van der Waals surface area contributed by atoms with Crippen LogP contribution in [0.2, 0.25) is 0 Å². The molecule has 2 unspecified atom stereocenters. The van der Waals surface area contributed by atoms with Crippen molar-refractivity contribution in [3.05, 3.63) is 97.2 Å². The summed E-state index contributed by atoms with van der Waals surface area (Å²) in [6, 6.07) is 0. The highest BCUT2D eigenvalue weighted by Crippen LogP contribution is 2.43. The largest absolute Gasteiger partial charge is 0.472 e. The van der Waals surface area contributed by atoms with E-state index in [9.17, 15) is 19.0 Å². The molecule has 2 atom stereocenters. The molecule has 0 aliphatic rings. The van der Waals surface area contributed by atoms with Crippen LogP contribution in [0.3, 0.4) is 0 Å². The number of likely N-dealkylation sites (N-methyl/N-ethyl adjacent to an activating group) is 1. The zero-order valence-electron chi connectivity index (χ0n) is 52.5. The molecule has 0 aromatic carbocycles. The number of hydrogen-bond donors (Lipinski definition) is 1. The van der Waals surface area contributed by atoms with E-state index in [4.69, 9.17) is 18.5 Å². The molecule has 0 saturated heterocycles. The van der Waals surface area contributed by atoms with Crippen LogP contribution in [0.4, 0.5) is 0 Å². The maximum Gasteiger partial charge on any atom is 0.472 e. The van der Waals surface area contributed by atoms with Gasteiger partial charge in [-0.2, -0.15) is 0 Å². The highest BCUT2D eigenvalue weighted by atomic mass is 31.2. The number of nitrogens with zero attached hydrogens (tertiary/aromatic N) is 1. The predicted molar refractivity (Wildman–Crippen MR) is 344 cm³/mol. The second kappa shape index (κ2) is 60.5. The molecular formula is C70H125NO8P+. The zero-order valence-corrected chi connectivity index (χ0v) is 53.4. The molecule has 0 radical (unpaired) electrons. The highest BCUT2D eigenvalue weighted by Gasteiger charge is 2.27. The van der Waals surface area contributed by atoms with E-state index in [1.54, 1.807) is 0 Å². The summed E-state index contributed by atoms with van der Waals surface area (Å²) >= 11 is 0. The minimum absolute atomic E-state index is 0.0285. The first-order chi connectivity index (χ1) is 39.0. The number of ether oxygens (including phenoxy) is 2. The van der Waals surface area contributed by atoms with Gasteiger partial charge in [-0.05, 0) is 96.3 Å². The number of hydrogen-bond acceptors (Lipinski definition) is 7. The number of quaternary nitrogens is 1. The molecule has 0 aromatic rings. The first-order valence-corrected chi connectivity index (χ1v) is 34.5. The van der Waals surface area contributed by atoms with Gasteiger partial charge in [0.1, 0.15) is 19.8 Å². The topological polar surface area (TPSA) is 108 Å². The molecule has 0 aliphatic carbocycles. The molecule has 0 aromatic heterocycles. The SMILES string of the molecule is CC/C=C\C/C=C\C/C=C\C/C=C\C/C=C\C/C=C\CCCCCCCCCCCCCCCCC(=O)OC(COC(=O)CCCCCCCCCCCCC/C=C\C/C=C\CCCCCCC)COP(=O)(O)OCC[N+](C)(C)C. The third-order valence-corrected chi connectivity index (χ3v) is 15.1. The van der Waals surface area contributed by atoms with E-state index in [-0.39, 0.29) is 32.0 Å². The smallest absolute Gasteiger partial charge is 0.462 e. The minimum Gasteiger partial charge on any atom is -0.462 e. The number of phosphoric acid groups is 1. The Morgan fingerprint density at radius 3 is 1.06 bits per heavy atom. The van der Waals surface area contributed by atoms with Crippen molar-refractivity contribution in [3.63, 3.8) is 0 Å². The molecule has 80 heavy (non-hydrogen) atoms. The lowest BCUT2D eigenvalue weighted by Gasteiger charge is -2.24. The predicted octanol–water partition coefficient (Wildman–Crippen LogP) is 21.2. The van der Waals surface area contributed by atoms with Crippen LogP contribution in [0.15, 0.2) is 97.2 Å². The zero-order chi connectivity index (χ0) is 58.4. The maximum atomic E-state index is 12.9. The Morgan fingerprint density at radius 2 is 0.713 bits per heavy atom. The number of rotatable bonds is 60. The van der Waals surface area contributed by atoms with Crippen LogP contribution in [-0.4, -0.2) is 74.9 Å². The van der Waals surface area contributed by atoms with Gasteiger partial charge < -0.3 is 18.9 Å². The van der Waals surface area contributed by atoms with Crippen molar-refractivity contribution in [1.82, 2.24) is 0 Å². The van der Waals surface area contributed by atoms with Gasteiger partial charge in [0, 0.05) is 12.8 Å². The third kappa shape index (κ3) is 64.1. The molecule has 462 valence electrons. The van der Waals surface area contributed by atoms with Crippen LogP contribution >= 0.6 is 7.82 Å². The van der Waals surface area contributed by atoms with Crippen molar-refractivity contribution >= 4 is 19.8 Å². The van der Waals surface area contributed by atoms with Gasteiger partial charge in [-0.3, -0.25) is 18.6 Å². The number of esters is 2. The quantitative estimate of drug-likeness (QED) is 0.0211. The molecule has 0 amide bonds. The van der Waals surface area contributed by atoms with Crippen LogP contribution in [-0.2, 0) is 32.7 Å². The van der Waals surface area contributed by atoms with Crippen LogP contribution in [0.5, 0.6) is 0 Å². The molecule has 9 nitrogen and oxygen atoms in total. The fraction of sp³-hybridized carbons (Fsp3) is 0.743. The fourth-order valence-corrected chi connectivity index (χ4v) is 9.79. The Balaban J connectivity index is 4.09. The van der Waals surface area contributed by atoms with E-state index in [2.05, 4.69) is 111 Å². The van der Waals surface area contributed by atoms with Gasteiger partial charge in [0.25, 0.3) is 0 Å². The Morgan fingerprint density at radius 1 is 0.400 bits per heavy atom. The lowest BCUT2D eigenvalue weighted by molar-refractivity contribution is -0.870. The summed E-state index contributed by atoms with van der Waals surface area (Å²) < 4.78 is 34.7. The van der Waals surface area contributed by atoms with Crippen molar-refractivity contribution < 1.29 is 42.1 Å². The minimum atomic E-state index is -4.39. The molecule has 0 heterocycles. The van der Waals surface area contributed by atoms with E-state index in [1.165, 1.54) is 167 Å². The second-order valence-corrected chi connectivity index (χ2v) is 24.6. The second-order valence-electron chi connectivity index (χ2n) is 23.1. The summed E-state index contributed by atoms with van der Waals surface area (Å²) in [5.74, 6) is -0.795. The lowest BCUT2D eigenvalue weighted by Crippen LogP contribution is -2.37. The molecule has 0 rings (SSSR count). The third-order valence-electron chi connectivity index (χ3n) is 14.1.